The molecular weight excluding hydrogens is 210 g/mol. The molecule has 0 amide bonds. The van der Waals surface area contributed by atoms with Crippen LogP contribution in [0, 0.1) is 13.8 Å². The SMILES string of the molecule is Cc1ccc(S(=O)(=O)C2(N)CC2)cc1C. The molecule has 15 heavy (non-hydrogen) atoms. The lowest BCUT2D eigenvalue weighted by Gasteiger charge is -2.12. The highest BCUT2D eigenvalue weighted by Gasteiger charge is 2.51. The lowest BCUT2D eigenvalue weighted by Crippen LogP contribution is -2.32. The molecule has 0 saturated heterocycles. The number of hydrogen-bond donors (Lipinski definition) is 1. The first kappa shape index (κ1) is 10.6. The van der Waals surface area contributed by atoms with E-state index in [0.717, 1.165) is 11.1 Å². The Hall–Kier alpha value is -0.870. The molecule has 82 valence electrons. The molecule has 1 aliphatic carbocycles. The Kier molecular flexibility index (Phi) is 2.17. The molecule has 0 aromatic heterocycles. The van der Waals surface area contributed by atoms with Gasteiger partial charge in [0.1, 0.15) is 4.87 Å². The maximum atomic E-state index is 12.1. The zero-order chi connectivity index (χ0) is 11.3. The van der Waals surface area contributed by atoms with E-state index in [2.05, 4.69) is 0 Å². The molecule has 0 atom stereocenters. The van der Waals surface area contributed by atoms with Crippen LogP contribution in [0.3, 0.4) is 0 Å². The van der Waals surface area contributed by atoms with Crippen LogP contribution in [0.4, 0.5) is 0 Å². The minimum atomic E-state index is -3.33. The zero-order valence-electron chi connectivity index (χ0n) is 8.95. The van der Waals surface area contributed by atoms with Gasteiger partial charge in [-0.25, -0.2) is 8.42 Å². The highest BCUT2D eigenvalue weighted by Crippen LogP contribution is 2.41. The normalized spacial score (nSPS) is 18.9. The summed E-state index contributed by atoms with van der Waals surface area (Å²) in [5.41, 5.74) is 7.84. The molecule has 0 aliphatic heterocycles. The van der Waals surface area contributed by atoms with E-state index in [-0.39, 0.29) is 0 Å². The van der Waals surface area contributed by atoms with E-state index >= 15 is 0 Å². The summed E-state index contributed by atoms with van der Waals surface area (Å²) in [7, 11) is -3.33. The molecule has 0 heterocycles. The highest BCUT2D eigenvalue weighted by atomic mass is 32.2. The Balaban J connectivity index is 2.51. The third kappa shape index (κ3) is 1.58. The topological polar surface area (TPSA) is 60.2 Å². The Bertz CT molecular complexity index is 501. The summed E-state index contributed by atoms with van der Waals surface area (Å²) in [5, 5.41) is 0. The van der Waals surface area contributed by atoms with Gasteiger partial charge < -0.3 is 5.73 Å². The molecule has 0 spiro atoms. The van der Waals surface area contributed by atoms with Gasteiger partial charge in [0.15, 0.2) is 9.84 Å². The lowest BCUT2D eigenvalue weighted by atomic mass is 10.1. The van der Waals surface area contributed by atoms with Gasteiger partial charge >= 0.3 is 0 Å². The van der Waals surface area contributed by atoms with Gasteiger partial charge in [-0.2, -0.15) is 0 Å². The first-order valence-electron chi connectivity index (χ1n) is 4.98. The minimum absolute atomic E-state index is 0.352. The van der Waals surface area contributed by atoms with E-state index in [9.17, 15) is 8.42 Å². The fourth-order valence-electron chi connectivity index (χ4n) is 1.51. The van der Waals surface area contributed by atoms with Crippen LogP contribution >= 0.6 is 0 Å². The Morgan fingerprint density at radius 2 is 1.80 bits per heavy atom. The van der Waals surface area contributed by atoms with Gasteiger partial charge in [0, 0.05) is 0 Å². The number of rotatable bonds is 2. The van der Waals surface area contributed by atoms with Crippen molar-refractivity contribution in [2.24, 2.45) is 5.73 Å². The van der Waals surface area contributed by atoms with Crippen molar-refractivity contribution in [3.63, 3.8) is 0 Å². The summed E-state index contributed by atoms with van der Waals surface area (Å²) in [6.45, 7) is 3.87. The molecule has 1 aromatic carbocycles. The van der Waals surface area contributed by atoms with Crippen molar-refractivity contribution >= 4 is 9.84 Å². The van der Waals surface area contributed by atoms with Crippen LogP contribution in [0.2, 0.25) is 0 Å². The smallest absolute Gasteiger partial charge is 0.196 e. The first-order chi connectivity index (χ1) is 6.87. The standard InChI is InChI=1S/C11H15NO2S/c1-8-3-4-10(7-9(8)2)15(13,14)11(12)5-6-11/h3-4,7H,5-6,12H2,1-2H3. The largest absolute Gasteiger partial charge is 0.312 e. The average Bonchev–Trinajstić information content (AvgIpc) is 2.90. The van der Waals surface area contributed by atoms with Gasteiger partial charge in [0.2, 0.25) is 0 Å². The van der Waals surface area contributed by atoms with Crippen molar-refractivity contribution in [2.75, 3.05) is 0 Å². The second-order valence-corrected chi connectivity index (χ2v) is 6.61. The predicted molar refractivity (Wildman–Crippen MR) is 59.3 cm³/mol. The minimum Gasteiger partial charge on any atom is -0.312 e. The van der Waals surface area contributed by atoms with Crippen LogP contribution in [-0.2, 0) is 9.84 Å². The average molecular weight is 225 g/mol. The van der Waals surface area contributed by atoms with Crippen molar-refractivity contribution in [1.82, 2.24) is 0 Å². The van der Waals surface area contributed by atoms with E-state index in [1.807, 2.05) is 19.9 Å². The van der Waals surface area contributed by atoms with Crippen LogP contribution in [0.25, 0.3) is 0 Å². The number of benzene rings is 1. The van der Waals surface area contributed by atoms with Crippen molar-refractivity contribution in [2.45, 2.75) is 36.5 Å². The number of hydrogen-bond acceptors (Lipinski definition) is 3. The number of aryl methyl sites for hydroxylation is 2. The van der Waals surface area contributed by atoms with Crippen molar-refractivity contribution in [3.8, 4) is 0 Å². The Morgan fingerprint density at radius 1 is 1.20 bits per heavy atom. The Morgan fingerprint density at radius 3 is 2.27 bits per heavy atom. The molecule has 0 bridgehead atoms. The molecule has 4 heteroatoms. The van der Waals surface area contributed by atoms with Crippen molar-refractivity contribution < 1.29 is 8.42 Å². The summed E-state index contributed by atoms with van der Waals surface area (Å²) < 4.78 is 24.1. The van der Waals surface area contributed by atoms with Crippen molar-refractivity contribution in [3.05, 3.63) is 29.3 Å². The van der Waals surface area contributed by atoms with E-state index < -0.39 is 14.7 Å². The molecule has 2 rings (SSSR count). The Labute approximate surface area is 90.2 Å². The molecule has 1 fully saturated rings. The second-order valence-electron chi connectivity index (χ2n) is 4.31. The molecular formula is C11H15NO2S. The quantitative estimate of drug-likeness (QED) is 0.830. The van der Waals surface area contributed by atoms with Crippen LogP contribution in [0.1, 0.15) is 24.0 Å². The fourth-order valence-corrected chi connectivity index (χ4v) is 3.20. The van der Waals surface area contributed by atoms with Crippen molar-refractivity contribution in [1.29, 1.82) is 0 Å². The van der Waals surface area contributed by atoms with E-state index in [1.165, 1.54) is 0 Å². The summed E-state index contributed by atoms with van der Waals surface area (Å²) in [6, 6.07) is 5.18. The van der Waals surface area contributed by atoms with E-state index in [1.54, 1.807) is 12.1 Å². The summed E-state index contributed by atoms with van der Waals surface area (Å²) in [6.07, 6.45) is 1.14. The number of sulfone groups is 1. The second kappa shape index (κ2) is 3.06. The maximum absolute atomic E-state index is 12.1. The van der Waals surface area contributed by atoms with E-state index in [4.69, 9.17) is 5.73 Å². The molecule has 1 aromatic rings. The van der Waals surface area contributed by atoms with Crippen LogP contribution < -0.4 is 5.73 Å². The molecule has 2 N–H and O–H groups in total. The van der Waals surface area contributed by atoms with Crippen LogP contribution in [0.15, 0.2) is 23.1 Å². The van der Waals surface area contributed by atoms with Gasteiger partial charge in [0.25, 0.3) is 0 Å². The first-order valence-corrected chi connectivity index (χ1v) is 6.46. The highest BCUT2D eigenvalue weighted by molar-refractivity contribution is 7.93. The van der Waals surface area contributed by atoms with Gasteiger partial charge in [0.05, 0.1) is 4.90 Å². The van der Waals surface area contributed by atoms with Gasteiger partial charge in [-0.05, 0) is 49.9 Å². The van der Waals surface area contributed by atoms with Crippen LogP contribution in [0.5, 0.6) is 0 Å². The molecule has 1 saturated carbocycles. The molecule has 0 radical (unpaired) electrons. The lowest BCUT2D eigenvalue weighted by molar-refractivity contribution is 0.578. The number of nitrogens with two attached hydrogens (primary N) is 1. The summed E-state index contributed by atoms with van der Waals surface area (Å²) >= 11 is 0. The van der Waals surface area contributed by atoms with E-state index in [0.29, 0.717) is 17.7 Å². The predicted octanol–water partition coefficient (Wildman–Crippen LogP) is 1.53. The maximum Gasteiger partial charge on any atom is 0.196 e. The monoisotopic (exact) mass is 225 g/mol. The zero-order valence-corrected chi connectivity index (χ0v) is 9.76. The molecule has 3 nitrogen and oxygen atoms in total. The van der Waals surface area contributed by atoms with Gasteiger partial charge in [-0.1, -0.05) is 6.07 Å². The fraction of sp³-hybridized carbons (Fsp3) is 0.455. The summed E-state index contributed by atoms with van der Waals surface area (Å²) in [4.78, 5) is -0.639. The summed E-state index contributed by atoms with van der Waals surface area (Å²) in [5.74, 6) is 0. The third-order valence-electron chi connectivity index (χ3n) is 3.07. The van der Waals surface area contributed by atoms with Gasteiger partial charge in [-0.3, -0.25) is 0 Å². The third-order valence-corrected chi connectivity index (χ3v) is 5.42. The molecule has 0 unspecified atom stereocenters. The van der Waals surface area contributed by atoms with Crippen LogP contribution in [-0.4, -0.2) is 13.3 Å². The molecule has 1 aliphatic rings. The van der Waals surface area contributed by atoms with Gasteiger partial charge in [-0.15, -0.1) is 0 Å².